The number of rotatable bonds is 43. The number of esters is 2. The number of hydrogen-bond donors (Lipinski definition) is 2. The second kappa shape index (κ2) is 44.3. The first-order chi connectivity index (χ1) is 28.3. The molecule has 0 spiro atoms. The van der Waals surface area contributed by atoms with Crippen molar-refractivity contribution in [2.75, 3.05) is 26.4 Å². The number of hydrogen-bond acceptors (Lipinski definition) is 8. The summed E-state index contributed by atoms with van der Waals surface area (Å²) in [6, 6.07) is 0. The molecule has 0 amide bonds. The number of phosphoric ester groups is 1. The summed E-state index contributed by atoms with van der Waals surface area (Å²) in [7, 11) is -4.39. The second-order valence-electron chi connectivity index (χ2n) is 15.2. The molecule has 0 aliphatic heterocycles. The van der Waals surface area contributed by atoms with Crippen molar-refractivity contribution in [2.45, 2.75) is 206 Å². The van der Waals surface area contributed by atoms with E-state index in [1.807, 2.05) is 0 Å². The van der Waals surface area contributed by atoms with E-state index in [9.17, 15) is 19.0 Å². The topological polar surface area (TPSA) is 134 Å². The lowest BCUT2D eigenvalue weighted by Crippen LogP contribution is -2.29. The average Bonchev–Trinajstić information content (AvgIpc) is 3.21. The van der Waals surface area contributed by atoms with Gasteiger partial charge in [-0.25, -0.2) is 4.57 Å². The SMILES string of the molecule is CC/C=C\C/C=C\C/C=C\C/C=C\C/C=C\CCCCCCCC(=O)OC(COC(=O)CCCCCCCCCCCCCCCCCC)COP(=O)(O)OCCN. The van der Waals surface area contributed by atoms with Crippen LogP contribution in [0.5, 0.6) is 0 Å². The lowest BCUT2D eigenvalue weighted by atomic mass is 10.0. The van der Waals surface area contributed by atoms with E-state index in [1.54, 1.807) is 0 Å². The van der Waals surface area contributed by atoms with Gasteiger partial charge in [-0.3, -0.25) is 18.6 Å². The van der Waals surface area contributed by atoms with Gasteiger partial charge in [0.15, 0.2) is 6.10 Å². The lowest BCUT2D eigenvalue weighted by molar-refractivity contribution is -0.161. The van der Waals surface area contributed by atoms with Crippen LogP contribution in [0.1, 0.15) is 200 Å². The van der Waals surface area contributed by atoms with E-state index in [0.29, 0.717) is 6.42 Å². The zero-order chi connectivity index (χ0) is 42.5. The zero-order valence-electron chi connectivity index (χ0n) is 37.0. The summed E-state index contributed by atoms with van der Waals surface area (Å²) in [6.07, 6.45) is 52.5. The number of carbonyl (C=O) groups excluding carboxylic acids is 2. The number of carbonyl (C=O) groups is 2. The first-order valence-corrected chi connectivity index (χ1v) is 24.8. The van der Waals surface area contributed by atoms with E-state index in [0.717, 1.165) is 83.5 Å². The third-order valence-electron chi connectivity index (χ3n) is 9.67. The molecule has 3 N–H and O–H groups in total. The van der Waals surface area contributed by atoms with Crippen LogP contribution < -0.4 is 5.73 Å². The predicted octanol–water partition coefficient (Wildman–Crippen LogP) is 13.7. The minimum atomic E-state index is -4.39. The molecule has 0 fully saturated rings. The first kappa shape index (κ1) is 55.7. The Morgan fingerprint density at radius 3 is 1.41 bits per heavy atom. The lowest BCUT2D eigenvalue weighted by Gasteiger charge is -2.19. The van der Waals surface area contributed by atoms with Crippen LogP contribution >= 0.6 is 7.82 Å². The molecular weight excluding hydrogens is 750 g/mol. The molecule has 0 heterocycles. The maximum absolute atomic E-state index is 12.6. The molecule has 10 heteroatoms. The van der Waals surface area contributed by atoms with Crippen molar-refractivity contribution in [2.24, 2.45) is 5.73 Å². The van der Waals surface area contributed by atoms with Gasteiger partial charge in [0, 0.05) is 19.4 Å². The molecular formula is C48H86NO8P. The number of allylic oxidation sites excluding steroid dienone is 10. The Bertz CT molecular complexity index is 1130. The Morgan fingerprint density at radius 2 is 0.948 bits per heavy atom. The molecule has 0 saturated heterocycles. The van der Waals surface area contributed by atoms with Crippen LogP contribution in [0, 0.1) is 0 Å². The van der Waals surface area contributed by atoms with E-state index in [4.69, 9.17) is 24.3 Å². The molecule has 0 aromatic carbocycles. The van der Waals surface area contributed by atoms with Crippen molar-refractivity contribution in [3.63, 3.8) is 0 Å². The summed E-state index contributed by atoms with van der Waals surface area (Å²) in [5, 5.41) is 0. The van der Waals surface area contributed by atoms with Gasteiger partial charge in [-0.1, -0.05) is 190 Å². The number of nitrogens with two attached hydrogens (primary N) is 1. The standard InChI is InChI=1S/C48H86NO8P/c1-3-5-7-9-11-13-15-17-19-21-22-23-24-25-27-29-31-33-35-37-39-41-48(51)57-46(45-56-58(52,53)55-43-42-49)44-54-47(50)40-38-36-34-32-30-28-26-20-18-16-14-12-10-8-6-4-2/h5,7,11,13,17,19,22-23,25,27,46H,3-4,6,8-10,12,14-16,18,20-21,24,26,28-45,49H2,1-2H3,(H,52,53)/b7-5-,13-11-,19-17-,23-22-,27-25-. The minimum Gasteiger partial charge on any atom is -0.462 e. The summed E-state index contributed by atoms with van der Waals surface area (Å²) >= 11 is 0. The van der Waals surface area contributed by atoms with Crippen LogP contribution in [0.4, 0.5) is 0 Å². The minimum absolute atomic E-state index is 0.0483. The summed E-state index contributed by atoms with van der Waals surface area (Å²) < 4.78 is 32.8. The highest BCUT2D eigenvalue weighted by molar-refractivity contribution is 7.47. The molecule has 336 valence electrons. The summed E-state index contributed by atoms with van der Waals surface area (Å²) in [4.78, 5) is 34.9. The van der Waals surface area contributed by atoms with E-state index in [2.05, 4.69) is 74.6 Å². The van der Waals surface area contributed by atoms with E-state index in [-0.39, 0.29) is 38.6 Å². The van der Waals surface area contributed by atoms with Crippen LogP contribution in [0.15, 0.2) is 60.8 Å². The Hall–Kier alpha value is -2.29. The highest BCUT2D eigenvalue weighted by Gasteiger charge is 2.26. The number of unbranched alkanes of at least 4 members (excludes halogenated alkanes) is 20. The number of phosphoric acid groups is 1. The highest BCUT2D eigenvalue weighted by Crippen LogP contribution is 2.43. The average molecular weight is 836 g/mol. The summed E-state index contributed by atoms with van der Waals surface area (Å²) in [5.74, 6) is -0.848. The third kappa shape index (κ3) is 43.3. The molecule has 2 atom stereocenters. The fourth-order valence-electron chi connectivity index (χ4n) is 6.25. The Labute approximate surface area is 355 Å². The van der Waals surface area contributed by atoms with E-state index < -0.39 is 26.5 Å². The van der Waals surface area contributed by atoms with Crippen LogP contribution in [-0.4, -0.2) is 49.3 Å². The molecule has 9 nitrogen and oxygen atoms in total. The monoisotopic (exact) mass is 836 g/mol. The van der Waals surface area contributed by atoms with Gasteiger partial charge in [0.2, 0.25) is 0 Å². The van der Waals surface area contributed by atoms with Crippen LogP contribution in [0.25, 0.3) is 0 Å². The van der Waals surface area contributed by atoms with Crippen LogP contribution in [0.2, 0.25) is 0 Å². The maximum atomic E-state index is 12.6. The maximum Gasteiger partial charge on any atom is 0.472 e. The molecule has 0 aromatic rings. The van der Waals surface area contributed by atoms with Gasteiger partial charge in [-0.05, 0) is 57.8 Å². The van der Waals surface area contributed by atoms with Gasteiger partial charge >= 0.3 is 19.8 Å². The molecule has 0 radical (unpaired) electrons. The molecule has 58 heavy (non-hydrogen) atoms. The van der Waals surface area contributed by atoms with Crippen molar-refractivity contribution < 1.29 is 37.6 Å². The first-order valence-electron chi connectivity index (χ1n) is 23.3. The Kier molecular flexibility index (Phi) is 42.5. The predicted molar refractivity (Wildman–Crippen MR) is 243 cm³/mol. The Balaban J connectivity index is 4.16. The fraction of sp³-hybridized carbons (Fsp3) is 0.750. The van der Waals surface area contributed by atoms with Gasteiger partial charge in [0.05, 0.1) is 13.2 Å². The van der Waals surface area contributed by atoms with Gasteiger partial charge in [0.1, 0.15) is 6.61 Å². The molecule has 0 rings (SSSR count). The third-order valence-corrected chi connectivity index (χ3v) is 10.7. The van der Waals surface area contributed by atoms with Gasteiger partial charge in [0.25, 0.3) is 0 Å². The normalized spacial score (nSPS) is 13.8. The van der Waals surface area contributed by atoms with Crippen molar-refractivity contribution in [3.8, 4) is 0 Å². The van der Waals surface area contributed by atoms with Crippen molar-refractivity contribution in [3.05, 3.63) is 60.8 Å². The fourth-order valence-corrected chi connectivity index (χ4v) is 7.01. The molecule has 0 aromatic heterocycles. The van der Waals surface area contributed by atoms with Crippen molar-refractivity contribution >= 4 is 19.8 Å². The molecule has 0 bridgehead atoms. The summed E-state index contributed by atoms with van der Waals surface area (Å²) in [5.41, 5.74) is 5.35. The van der Waals surface area contributed by atoms with Crippen molar-refractivity contribution in [1.29, 1.82) is 0 Å². The van der Waals surface area contributed by atoms with E-state index in [1.165, 1.54) is 83.5 Å². The smallest absolute Gasteiger partial charge is 0.462 e. The van der Waals surface area contributed by atoms with Crippen molar-refractivity contribution in [1.82, 2.24) is 0 Å². The molecule has 2 unspecified atom stereocenters. The van der Waals surface area contributed by atoms with Gasteiger partial charge in [-0.2, -0.15) is 0 Å². The van der Waals surface area contributed by atoms with Crippen LogP contribution in [-0.2, 0) is 32.7 Å². The zero-order valence-corrected chi connectivity index (χ0v) is 37.9. The highest BCUT2D eigenvalue weighted by atomic mass is 31.2. The quantitative estimate of drug-likeness (QED) is 0.0266. The second-order valence-corrected chi connectivity index (χ2v) is 16.7. The molecule has 0 aliphatic rings. The number of ether oxygens (including phenoxy) is 2. The van der Waals surface area contributed by atoms with Crippen LogP contribution in [0.3, 0.4) is 0 Å². The van der Waals surface area contributed by atoms with E-state index >= 15 is 0 Å². The largest absolute Gasteiger partial charge is 0.472 e. The van der Waals surface area contributed by atoms with Gasteiger partial charge in [-0.15, -0.1) is 0 Å². The van der Waals surface area contributed by atoms with Gasteiger partial charge < -0.3 is 20.1 Å². The molecule has 0 aliphatic carbocycles. The molecule has 0 saturated carbocycles. The Morgan fingerprint density at radius 1 is 0.534 bits per heavy atom. The summed E-state index contributed by atoms with van der Waals surface area (Å²) in [6.45, 7) is 3.61.